The largest absolute Gasteiger partial charge is 0.339 e. The van der Waals surface area contributed by atoms with Crippen LogP contribution in [-0.4, -0.2) is 61.4 Å². The first-order chi connectivity index (χ1) is 10.6. The van der Waals surface area contributed by atoms with E-state index in [2.05, 4.69) is 5.32 Å². The summed E-state index contributed by atoms with van der Waals surface area (Å²) >= 11 is 0. The van der Waals surface area contributed by atoms with Crippen molar-refractivity contribution in [1.29, 1.82) is 0 Å². The lowest BCUT2D eigenvalue weighted by Gasteiger charge is -2.35. The Kier molecular flexibility index (Phi) is 5.89. The first-order valence-electron chi connectivity index (χ1n) is 7.59. The SMILES string of the molecule is CNCCCC(=O)N1CCN(C(=O)c2cccc(F)c2)CC1. The minimum atomic E-state index is -0.413. The Balaban J connectivity index is 1.84. The molecule has 0 radical (unpaired) electrons. The van der Waals surface area contributed by atoms with E-state index in [1.54, 1.807) is 15.9 Å². The van der Waals surface area contributed by atoms with Gasteiger partial charge in [-0.05, 0) is 38.2 Å². The van der Waals surface area contributed by atoms with E-state index in [4.69, 9.17) is 0 Å². The van der Waals surface area contributed by atoms with E-state index in [1.165, 1.54) is 18.2 Å². The summed E-state index contributed by atoms with van der Waals surface area (Å²) in [7, 11) is 1.86. The molecule has 120 valence electrons. The van der Waals surface area contributed by atoms with Crippen molar-refractivity contribution in [3.05, 3.63) is 35.6 Å². The third-order valence-corrected chi connectivity index (χ3v) is 3.81. The lowest BCUT2D eigenvalue weighted by molar-refractivity contribution is -0.132. The zero-order valence-corrected chi connectivity index (χ0v) is 12.8. The number of piperazine rings is 1. The van der Waals surface area contributed by atoms with Crippen LogP contribution >= 0.6 is 0 Å². The Morgan fingerprint density at radius 1 is 1.18 bits per heavy atom. The number of rotatable bonds is 5. The Labute approximate surface area is 130 Å². The second kappa shape index (κ2) is 7.89. The summed E-state index contributed by atoms with van der Waals surface area (Å²) in [4.78, 5) is 27.8. The molecule has 1 N–H and O–H groups in total. The van der Waals surface area contributed by atoms with Crippen LogP contribution in [0.4, 0.5) is 4.39 Å². The Hall–Kier alpha value is -1.95. The van der Waals surface area contributed by atoms with Crippen LogP contribution < -0.4 is 5.32 Å². The molecule has 0 unspecified atom stereocenters. The molecule has 1 aromatic rings. The van der Waals surface area contributed by atoms with Crippen LogP contribution in [0.25, 0.3) is 0 Å². The zero-order chi connectivity index (χ0) is 15.9. The highest BCUT2D eigenvalue weighted by Crippen LogP contribution is 2.11. The van der Waals surface area contributed by atoms with Crippen molar-refractivity contribution in [2.75, 3.05) is 39.8 Å². The number of hydrogen-bond acceptors (Lipinski definition) is 3. The maximum atomic E-state index is 13.2. The number of halogens is 1. The maximum Gasteiger partial charge on any atom is 0.254 e. The molecule has 1 aliphatic heterocycles. The molecule has 1 aromatic carbocycles. The minimum absolute atomic E-state index is 0.133. The molecule has 0 spiro atoms. The lowest BCUT2D eigenvalue weighted by Crippen LogP contribution is -2.50. The van der Waals surface area contributed by atoms with Gasteiger partial charge in [-0.15, -0.1) is 0 Å². The quantitative estimate of drug-likeness (QED) is 0.829. The molecule has 0 bridgehead atoms. The molecule has 0 saturated carbocycles. The van der Waals surface area contributed by atoms with Crippen molar-refractivity contribution in [3.63, 3.8) is 0 Å². The van der Waals surface area contributed by atoms with E-state index in [0.717, 1.165) is 13.0 Å². The van der Waals surface area contributed by atoms with Gasteiger partial charge in [0.2, 0.25) is 5.91 Å². The molecule has 0 atom stereocenters. The van der Waals surface area contributed by atoms with E-state index < -0.39 is 5.82 Å². The number of nitrogens with one attached hydrogen (secondary N) is 1. The number of hydrogen-bond donors (Lipinski definition) is 1. The Morgan fingerprint density at radius 2 is 1.86 bits per heavy atom. The van der Waals surface area contributed by atoms with E-state index in [1.807, 2.05) is 7.05 Å². The van der Waals surface area contributed by atoms with Crippen LogP contribution in [0, 0.1) is 5.82 Å². The fourth-order valence-electron chi connectivity index (χ4n) is 2.54. The molecular formula is C16H22FN3O2. The smallest absolute Gasteiger partial charge is 0.254 e. The Morgan fingerprint density at radius 3 is 2.50 bits per heavy atom. The van der Waals surface area contributed by atoms with Crippen LogP contribution in [0.15, 0.2) is 24.3 Å². The predicted molar refractivity (Wildman–Crippen MR) is 82.0 cm³/mol. The van der Waals surface area contributed by atoms with Gasteiger partial charge in [0.05, 0.1) is 0 Å². The number of benzene rings is 1. The van der Waals surface area contributed by atoms with Crippen LogP contribution in [0.5, 0.6) is 0 Å². The number of carbonyl (C=O) groups excluding carboxylic acids is 2. The molecule has 0 aromatic heterocycles. The van der Waals surface area contributed by atoms with Gasteiger partial charge in [0.25, 0.3) is 5.91 Å². The van der Waals surface area contributed by atoms with Crippen molar-refractivity contribution in [2.24, 2.45) is 0 Å². The molecule has 0 aliphatic carbocycles. The van der Waals surface area contributed by atoms with Crippen LogP contribution in [0.3, 0.4) is 0 Å². The highest BCUT2D eigenvalue weighted by atomic mass is 19.1. The van der Waals surface area contributed by atoms with Crippen LogP contribution in [0.1, 0.15) is 23.2 Å². The average Bonchev–Trinajstić information content (AvgIpc) is 2.54. The van der Waals surface area contributed by atoms with Gasteiger partial charge in [-0.2, -0.15) is 0 Å². The van der Waals surface area contributed by atoms with E-state index in [-0.39, 0.29) is 11.8 Å². The third kappa shape index (κ3) is 4.27. The van der Waals surface area contributed by atoms with Gasteiger partial charge in [0, 0.05) is 38.2 Å². The topological polar surface area (TPSA) is 52.7 Å². The predicted octanol–water partition coefficient (Wildman–Crippen LogP) is 1.11. The monoisotopic (exact) mass is 307 g/mol. The van der Waals surface area contributed by atoms with Crippen molar-refractivity contribution in [1.82, 2.24) is 15.1 Å². The fraction of sp³-hybridized carbons (Fsp3) is 0.500. The lowest BCUT2D eigenvalue weighted by atomic mass is 10.1. The van der Waals surface area contributed by atoms with Crippen molar-refractivity contribution in [3.8, 4) is 0 Å². The Bertz CT molecular complexity index is 528. The zero-order valence-electron chi connectivity index (χ0n) is 12.8. The van der Waals surface area contributed by atoms with E-state index in [0.29, 0.717) is 38.2 Å². The number of nitrogens with zero attached hydrogens (tertiary/aromatic N) is 2. The molecule has 1 fully saturated rings. The van der Waals surface area contributed by atoms with Gasteiger partial charge in [-0.3, -0.25) is 9.59 Å². The third-order valence-electron chi connectivity index (χ3n) is 3.81. The highest BCUT2D eigenvalue weighted by molar-refractivity contribution is 5.94. The first-order valence-corrected chi connectivity index (χ1v) is 7.59. The van der Waals surface area contributed by atoms with Gasteiger partial charge in [-0.25, -0.2) is 4.39 Å². The molecule has 1 aliphatic rings. The second-order valence-electron chi connectivity index (χ2n) is 5.39. The minimum Gasteiger partial charge on any atom is -0.339 e. The van der Waals surface area contributed by atoms with E-state index >= 15 is 0 Å². The molecular weight excluding hydrogens is 285 g/mol. The molecule has 1 heterocycles. The molecule has 6 heteroatoms. The highest BCUT2D eigenvalue weighted by Gasteiger charge is 2.24. The van der Waals surface area contributed by atoms with Gasteiger partial charge >= 0.3 is 0 Å². The summed E-state index contributed by atoms with van der Waals surface area (Å²) < 4.78 is 13.2. The van der Waals surface area contributed by atoms with Crippen molar-refractivity contribution in [2.45, 2.75) is 12.8 Å². The van der Waals surface area contributed by atoms with Gasteiger partial charge in [-0.1, -0.05) is 6.07 Å². The second-order valence-corrected chi connectivity index (χ2v) is 5.39. The molecule has 1 saturated heterocycles. The van der Waals surface area contributed by atoms with Crippen LogP contribution in [0.2, 0.25) is 0 Å². The molecule has 5 nitrogen and oxygen atoms in total. The van der Waals surface area contributed by atoms with E-state index in [9.17, 15) is 14.0 Å². The van der Waals surface area contributed by atoms with Crippen molar-refractivity contribution < 1.29 is 14.0 Å². The standard InChI is InChI=1S/C16H22FN3O2/c1-18-7-3-6-15(21)19-8-10-20(11-9-19)16(22)13-4-2-5-14(17)12-13/h2,4-5,12,18H,3,6-11H2,1H3. The summed E-state index contributed by atoms with van der Waals surface area (Å²) in [5, 5.41) is 3.02. The first kappa shape index (κ1) is 16.4. The summed E-state index contributed by atoms with van der Waals surface area (Å²) in [6.07, 6.45) is 1.34. The van der Waals surface area contributed by atoms with Gasteiger partial charge in [0.1, 0.15) is 5.82 Å². The number of carbonyl (C=O) groups is 2. The van der Waals surface area contributed by atoms with Crippen molar-refractivity contribution >= 4 is 11.8 Å². The normalized spacial score (nSPS) is 15.0. The summed E-state index contributed by atoms with van der Waals surface area (Å²) in [6, 6.07) is 5.71. The summed E-state index contributed by atoms with van der Waals surface area (Å²) in [5.41, 5.74) is 0.355. The van der Waals surface area contributed by atoms with Gasteiger partial charge in [0.15, 0.2) is 0 Å². The van der Waals surface area contributed by atoms with Crippen LogP contribution in [-0.2, 0) is 4.79 Å². The molecule has 2 amide bonds. The maximum absolute atomic E-state index is 13.2. The number of amides is 2. The fourth-order valence-corrected chi connectivity index (χ4v) is 2.54. The summed E-state index contributed by atoms with van der Waals surface area (Å²) in [6.45, 7) is 2.89. The molecule has 2 rings (SSSR count). The van der Waals surface area contributed by atoms with Gasteiger partial charge < -0.3 is 15.1 Å². The molecule has 22 heavy (non-hydrogen) atoms. The average molecular weight is 307 g/mol. The summed E-state index contributed by atoms with van der Waals surface area (Å²) in [5.74, 6) is -0.459.